The van der Waals surface area contributed by atoms with Crippen molar-refractivity contribution in [3.05, 3.63) is 103 Å². The number of phosphoric ester groups is 2. The molecule has 0 aromatic carbocycles. The number of aliphatic hydroxyl groups is 2. The number of carbonyl (C=O) groups excluding carboxylic acids is 2. The Morgan fingerprint density at radius 2 is 0.990 bits per heavy atom. The van der Waals surface area contributed by atoms with Gasteiger partial charge in [0.1, 0.15) is 48.4 Å². The first kappa shape index (κ1) is 80.4. The van der Waals surface area contributed by atoms with Crippen molar-refractivity contribution in [2.24, 2.45) is 5.73 Å². The monoisotopic (exact) mass is 1530 g/mol. The van der Waals surface area contributed by atoms with Gasteiger partial charge in [-0.05, 0) is 38.0 Å². The Hall–Kier alpha value is -6.90. The van der Waals surface area contributed by atoms with E-state index in [2.05, 4.69) is 84.4 Å². The molecule has 47 nitrogen and oxygen atoms in total. The maximum absolute atomic E-state index is 12.5. The van der Waals surface area contributed by atoms with Gasteiger partial charge >= 0.3 is 11.4 Å². The molecule has 10 unspecified atom stereocenters. The number of anilines is 2. The van der Waals surface area contributed by atoms with Crippen LogP contribution in [0.4, 0.5) is 11.6 Å². The Kier molecular flexibility index (Phi) is 28.4. The predicted octanol–water partition coefficient (Wildman–Crippen LogP) is -6.31. The number of aryl methyl sites for hydroxylation is 2. The summed E-state index contributed by atoms with van der Waals surface area (Å²) >= 11 is 0. The largest absolute Gasteiger partial charge is 0.790 e. The second kappa shape index (κ2) is 35.3. The summed E-state index contributed by atoms with van der Waals surface area (Å²) in [5.74, 6) is -0.238. The summed E-state index contributed by atoms with van der Waals surface area (Å²) in [4.78, 5) is 192. The van der Waals surface area contributed by atoms with E-state index < -0.39 is 131 Å². The van der Waals surface area contributed by atoms with Crippen LogP contribution in [0.25, 0.3) is 34.5 Å². The minimum absolute atomic E-state index is 0.137. The van der Waals surface area contributed by atoms with Crippen LogP contribution in [0.2, 0.25) is 0 Å². The van der Waals surface area contributed by atoms with E-state index in [-0.39, 0.29) is 50.1 Å². The lowest BCUT2D eigenvalue weighted by Crippen LogP contribution is -2.33. The number of ether oxygens (including phenoxy) is 2. The number of nitrogens with two attached hydrogens (primary N) is 1. The number of fused-ring (bicyclic) bond motifs is 2. The number of imidazole rings is 2. The van der Waals surface area contributed by atoms with Crippen molar-refractivity contribution in [2.75, 3.05) is 56.6 Å². The van der Waals surface area contributed by atoms with Gasteiger partial charge in [-0.1, -0.05) is 19.8 Å². The third kappa shape index (κ3) is 24.7. The molecule has 0 spiro atoms. The van der Waals surface area contributed by atoms with Gasteiger partial charge in [0.2, 0.25) is 11.8 Å². The molecule has 8 rings (SSSR count). The van der Waals surface area contributed by atoms with Crippen LogP contribution in [0.15, 0.2) is 69.0 Å². The van der Waals surface area contributed by atoms with Gasteiger partial charge in [-0.2, -0.15) is 0 Å². The number of hydrogen-bond donors (Lipinski definition) is 9. The first-order valence-electron chi connectivity index (χ1n) is 29.2. The number of rotatable bonds is 36. The number of unbranched alkanes of at least 4 members (excludes halogenated alkanes) is 3. The highest BCUT2D eigenvalue weighted by atomic mass is 31.3. The van der Waals surface area contributed by atoms with Crippen LogP contribution in [0.3, 0.4) is 0 Å². The molecule has 2 aliphatic rings. The van der Waals surface area contributed by atoms with Crippen molar-refractivity contribution in [2.45, 2.75) is 102 Å². The Balaban J connectivity index is 0.000000281. The van der Waals surface area contributed by atoms with Crippen molar-refractivity contribution >= 4 is 105 Å². The number of amides is 2. The van der Waals surface area contributed by atoms with Crippen LogP contribution >= 0.6 is 46.9 Å². The van der Waals surface area contributed by atoms with Gasteiger partial charge in [-0.15, -0.1) is 0 Å². The van der Waals surface area contributed by atoms with Crippen LogP contribution in [-0.2, 0) is 85.8 Å². The highest BCUT2D eigenvalue weighted by Gasteiger charge is 2.39. The molecule has 2 aliphatic heterocycles. The van der Waals surface area contributed by atoms with E-state index >= 15 is 0 Å². The molecule has 2 amide bonds. The molecule has 10 N–H and O–H groups in total. The first-order valence-corrected chi connectivity index (χ1v) is 37.9. The SMILES string of the molecule is CCCCCn1cnc2c(NCCNC(=O)/C=C/c3cn(C4CC(O)C(COP(=O)([O-])OP(=O)([O-])OP(=O)([O-])[O-])O4)c(=O)[nH]c3=O)ncnc21.NCCCCn1cnc2c(NCCNC(=O)/C=C/c3cn(C4CC(O)C(COP(=O)([O-])OP(=O)([O-])OP(=O)([O-])[O-])O4)c(=O)[nH]c3=O)ncnc21. The van der Waals surface area contributed by atoms with E-state index in [1.807, 2.05) is 19.1 Å². The number of aromatic amines is 2. The lowest BCUT2D eigenvalue weighted by Gasteiger charge is -2.37. The number of phosphoric acid groups is 6. The number of aliphatic hydroxyl groups excluding tert-OH is 2. The van der Waals surface area contributed by atoms with Gasteiger partial charge in [0, 0.05) is 76.7 Å². The minimum atomic E-state index is -6.21. The number of nitrogens with zero attached hydrogens (tertiary/aromatic N) is 10. The van der Waals surface area contributed by atoms with Gasteiger partial charge in [0.25, 0.3) is 42.4 Å². The minimum Gasteiger partial charge on any atom is -0.790 e. The fourth-order valence-electron chi connectivity index (χ4n) is 9.12. The van der Waals surface area contributed by atoms with E-state index in [9.17, 15) is 106 Å². The highest BCUT2D eigenvalue weighted by molar-refractivity contribution is 7.65. The average Bonchev–Trinajstić information content (AvgIpc) is 1.63. The van der Waals surface area contributed by atoms with Crippen molar-refractivity contribution in [1.82, 2.24) is 68.8 Å². The smallest absolute Gasteiger partial charge is 0.330 e. The summed E-state index contributed by atoms with van der Waals surface area (Å²) in [6.07, 6.45) is 7.94. The second-order valence-electron chi connectivity index (χ2n) is 20.9. The summed E-state index contributed by atoms with van der Waals surface area (Å²) in [5.41, 5.74) is 3.91. The normalized spacial score (nSPS) is 20.6. The molecule has 10 atom stereocenters. The lowest BCUT2D eigenvalue weighted by molar-refractivity contribution is -0.342. The van der Waals surface area contributed by atoms with Crippen molar-refractivity contribution in [3.8, 4) is 0 Å². The van der Waals surface area contributed by atoms with Gasteiger partial charge in [0.05, 0.1) is 64.8 Å². The first-order chi connectivity index (χ1) is 46.9. The summed E-state index contributed by atoms with van der Waals surface area (Å²) in [7, 11) is -36.5. The molecule has 8 heterocycles. The molecule has 2 saturated heterocycles. The van der Waals surface area contributed by atoms with E-state index in [1.54, 1.807) is 12.7 Å². The molecular formula is C47H61N17O30P6-8. The summed E-state index contributed by atoms with van der Waals surface area (Å²) in [6.45, 7) is 2.79. The Bertz CT molecular complexity index is 4200. The quantitative estimate of drug-likeness (QED) is 0.0100. The third-order valence-electron chi connectivity index (χ3n) is 13.5. The molecule has 0 aliphatic carbocycles. The molecule has 6 aromatic rings. The number of aromatic nitrogens is 12. The zero-order valence-electron chi connectivity index (χ0n) is 51.6. The second-order valence-corrected chi connectivity index (χ2v) is 29.4. The maximum Gasteiger partial charge on any atom is 0.330 e. The Morgan fingerprint density at radius 1 is 0.590 bits per heavy atom. The zero-order chi connectivity index (χ0) is 73.4. The third-order valence-corrected chi connectivity index (χ3v) is 20.9. The zero-order valence-corrected chi connectivity index (χ0v) is 57.0. The topological polar surface area (TPSA) is 706 Å². The lowest BCUT2D eigenvalue weighted by atomic mass is 10.2. The fourth-order valence-corrected chi connectivity index (χ4v) is 14.9. The molecule has 0 bridgehead atoms. The number of hydrogen-bond acceptors (Lipinski definition) is 39. The summed E-state index contributed by atoms with van der Waals surface area (Å²) < 4.78 is 105. The van der Waals surface area contributed by atoms with Crippen LogP contribution in [-0.4, -0.2) is 151 Å². The van der Waals surface area contributed by atoms with Gasteiger partial charge in [0.15, 0.2) is 22.9 Å². The van der Waals surface area contributed by atoms with Crippen LogP contribution in [0, 0.1) is 0 Å². The Labute approximate surface area is 560 Å². The van der Waals surface area contributed by atoms with E-state index in [0.717, 1.165) is 84.5 Å². The van der Waals surface area contributed by atoms with Crippen molar-refractivity contribution in [3.63, 3.8) is 0 Å². The van der Waals surface area contributed by atoms with E-state index in [1.165, 1.54) is 12.7 Å². The molecule has 0 radical (unpaired) electrons. The van der Waals surface area contributed by atoms with Gasteiger partial charge in [-0.3, -0.25) is 65.2 Å². The fraction of sp³-hybridized carbons (Fsp3) is 0.489. The highest BCUT2D eigenvalue weighted by Crippen LogP contribution is 2.61. The maximum atomic E-state index is 12.5. The molecule has 6 aromatic heterocycles. The predicted molar refractivity (Wildman–Crippen MR) is 323 cm³/mol. The number of nitrogens with one attached hydrogen (secondary N) is 6. The van der Waals surface area contributed by atoms with Crippen LogP contribution in [0.5, 0.6) is 0 Å². The van der Waals surface area contributed by atoms with E-state index in [0.29, 0.717) is 47.1 Å². The number of carbonyl (C=O) groups is 2. The summed E-state index contributed by atoms with van der Waals surface area (Å²) in [5, 5.41) is 32.0. The van der Waals surface area contributed by atoms with Crippen LogP contribution in [0.1, 0.15) is 75.5 Å². The summed E-state index contributed by atoms with van der Waals surface area (Å²) in [6, 6.07) is 0. The molecule has 100 heavy (non-hydrogen) atoms. The molecule has 0 saturated carbocycles. The standard InChI is InChI=1S/C24H35N8O15P3.C23H34N9O15P3/c1-2-3-4-9-31-14-29-20-21(27-13-28-22(20)31)26-8-7-25-18(34)6-5-15-11-32(24(36)30-23(15)35)19-10-16(33)17(45-19)12-44-49(40,41)47-50(42,43)46-48(37,38)39;24-5-1-2-8-31-13-29-19-20(27-12-28-21(19)31)26-7-6-25-17(34)4-3-14-10-32(23(36)30-22(14)35)18-9-15(33)16(45-18)11-44-49(40,41)47-50(42,43)46-48(37,38)39/h5-6,11,13-14,16-17,19,33H,2-4,7-10,12H2,1H3,(H,25,34)(H,40,41)(H,42,43)(H,26,27,28)(H,30,35,36)(H2,37,38,39);3-4,10,12-13,15-16,18,33H,1-2,5-9,11,24H2,(H,25,34)(H,40,41)(H,42,43)(H,26,27,28)(H,30,35,36)(H2,37,38,39)/p-8/b6-5+;4-3+. The van der Waals surface area contributed by atoms with Gasteiger partial charge in [-0.25, -0.2) is 48.1 Å². The van der Waals surface area contributed by atoms with Crippen molar-refractivity contribution in [1.29, 1.82) is 0 Å². The average molecular weight is 1530 g/mol. The van der Waals surface area contributed by atoms with Gasteiger partial charge < -0.3 is 113 Å². The molecule has 53 heteroatoms. The van der Waals surface area contributed by atoms with E-state index in [4.69, 9.17) is 15.2 Å². The Morgan fingerprint density at radius 3 is 1.37 bits per heavy atom. The number of H-pyrrole nitrogens is 2. The molecule has 2 fully saturated rings. The molecule has 552 valence electrons. The molecular weight excluding hydrogens is 1470 g/mol. The van der Waals surface area contributed by atoms with Crippen molar-refractivity contribution < 1.29 is 122 Å². The van der Waals surface area contributed by atoms with Crippen LogP contribution < -0.4 is 88.6 Å².